The molecule has 1 fully saturated rings. The second-order valence-corrected chi connectivity index (χ2v) is 20.6. The van der Waals surface area contributed by atoms with Crippen molar-refractivity contribution in [2.45, 2.75) is 75.5 Å². The maximum absolute atomic E-state index is 13.4. The van der Waals surface area contributed by atoms with E-state index >= 15 is 0 Å². The molecule has 1 saturated heterocycles. The number of nitrogens with one attached hydrogen (secondary N) is 1. The summed E-state index contributed by atoms with van der Waals surface area (Å²) in [5.74, 6) is 2.05. The Morgan fingerprint density at radius 2 is 1.38 bits per heavy atom. The molecular formula is C44H47N5O6Si. The van der Waals surface area contributed by atoms with Gasteiger partial charge in [-0.15, -0.1) is 0 Å². The van der Waals surface area contributed by atoms with Crippen LogP contribution in [0, 0.1) is 0 Å². The number of rotatable bonds is 11. The van der Waals surface area contributed by atoms with E-state index in [1.807, 2.05) is 89.5 Å². The lowest BCUT2D eigenvalue weighted by Gasteiger charge is -2.43. The van der Waals surface area contributed by atoms with Gasteiger partial charge in [0, 0.05) is 12.0 Å². The second-order valence-electron chi connectivity index (χ2n) is 15.8. The maximum Gasteiger partial charge on any atom is 0.256 e. The fourth-order valence-corrected chi connectivity index (χ4v) is 8.86. The number of nitrogens with zero attached hydrogens (tertiary/aromatic N) is 4. The lowest BCUT2D eigenvalue weighted by molar-refractivity contribution is -0.167. The highest BCUT2D eigenvalue weighted by Crippen LogP contribution is 2.53. The van der Waals surface area contributed by atoms with Crippen molar-refractivity contribution in [3.05, 3.63) is 144 Å². The van der Waals surface area contributed by atoms with E-state index in [0.717, 1.165) is 28.2 Å². The zero-order chi connectivity index (χ0) is 39.2. The van der Waals surface area contributed by atoms with Crippen molar-refractivity contribution in [3.8, 4) is 11.5 Å². The summed E-state index contributed by atoms with van der Waals surface area (Å²) in [5, 5.41) is 2.94. The van der Waals surface area contributed by atoms with E-state index in [4.69, 9.17) is 33.3 Å². The first-order chi connectivity index (χ1) is 26.9. The fraction of sp³-hybridized carbons (Fsp3) is 0.318. The van der Waals surface area contributed by atoms with Crippen LogP contribution in [0.4, 0.5) is 5.82 Å². The lowest BCUT2D eigenvalue weighted by atomic mass is 9.79. The van der Waals surface area contributed by atoms with Gasteiger partial charge in [-0.25, -0.2) is 15.0 Å². The Labute approximate surface area is 328 Å². The average molecular weight is 770 g/mol. The molecule has 4 atom stereocenters. The summed E-state index contributed by atoms with van der Waals surface area (Å²) < 4.78 is 35.2. The van der Waals surface area contributed by atoms with Crippen molar-refractivity contribution in [2.24, 2.45) is 0 Å². The van der Waals surface area contributed by atoms with Gasteiger partial charge in [0.25, 0.3) is 5.91 Å². The molecule has 2 aromatic heterocycles. The molecule has 8 rings (SSSR count). The zero-order valence-electron chi connectivity index (χ0n) is 32.7. The number of fused-ring (bicyclic) bond motifs is 6. The van der Waals surface area contributed by atoms with Gasteiger partial charge in [-0.2, -0.15) is 0 Å². The van der Waals surface area contributed by atoms with E-state index in [1.54, 1.807) is 26.4 Å². The van der Waals surface area contributed by atoms with Crippen molar-refractivity contribution in [1.82, 2.24) is 19.5 Å². The van der Waals surface area contributed by atoms with Crippen molar-refractivity contribution in [2.75, 3.05) is 19.5 Å². The minimum atomic E-state index is -2.29. The standard InChI is InChI=1S/C44H47N5O6Si/c1-43(2,3)56(6,7)55-34-26-35-49-40-36(39(45-27-46-40)48-42(50)28-14-10-8-11-15-28)47-41(49)38(37(34)53-35)54-44(29-16-12-9-13-17-29,30-18-22-32(51-4)23-19-30)31-20-24-33(52-5)25-21-31/h8-25,27,34-35,37-38H,26H2,1-7H3,(H,45,46,48,50)/t34-,35+,37-,38+/m0/s1. The smallest absolute Gasteiger partial charge is 0.256 e. The zero-order valence-corrected chi connectivity index (χ0v) is 33.7. The molecule has 11 nitrogen and oxygen atoms in total. The SMILES string of the molecule is COc1ccc(C(O[C@H]2c3nc4c(NC(=O)c5ccccc5)ncnc4n3[C@H]3C[C@H](O[Si](C)(C)C(C)(C)C)[C@@H]2O3)(c2ccccc2)c2ccc(OC)cc2)cc1. The molecule has 12 heteroatoms. The lowest BCUT2D eigenvalue weighted by Crippen LogP contribution is -2.48. The van der Waals surface area contributed by atoms with Crippen LogP contribution in [0.2, 0.25) is 18.1 Å². The van der Waals surface area contributed by atoms with Gasteiger partial charge in [0.15, 0.2) is 25.3 Å². The summed E-state index contributed by atoms with van der Waals surface area (Å²) in [5.41, 5.74) is 2.92. The van der Waals surface area contributed by atoms with Crippen molar-refractivity contribution in [3.63, 3.8) is 0 Å². The van der Waals surface area contributed by atoms with Crippen LogP contribution in [0.3, 0.4) is 0 Å². The fourth-order valence-electron chi connectivity index (χ4n) is 7.52. The van der Waals surface area contributed by atoms with Crippen LogP contribution in [-0.4, -0.2) is 60.2 Å². The highest BCUT2D eigenvalue weighted by atomic mass is 28.4. The third-order valence-electron chi connectivity index (χ3n) is 11.5. The molecule has 2 aliphatic heterocycles. The van der Waals surface area contributed by atoms with Crippen LogP contribution in [0.25, 0.3) is 11.2 Å². The molecule has 0 unspecified atom stereocenters. The van der Waals surface area contributed by atoms with E-state index in [9.17, 15) is 4.79 Å². The monoisotopic (exact) mass is 769 g/mol. The number of aromatic nitrogens is 4. The Morgan fingerprint density at radius 1 is 0.804 bits per heavy atom. The normalized spacial score (nSPS) is 19.4. The summed E-state index contributed by atoms with van der Waals surface area (Å²) in [7, 11) is 1.02. The van der Waals surface area contributed by atoms with Crippen molar-refractivity contribution >= 4 is 31.2 Å². The molecule has 4 aromatic carbocycles. The summed E-state index contributed by atoms with van der Waals surface area (Å²) in [6, 6.07) is 35.1. The minimum Gasteiger partial charge on any atom is -0.497 e. The highest BCUT2D eigenvalue weighted by Gasteiger charge is 2.55. The number of hydrogen-bond acceptors (Lipinski definition) is 9. The van der Waals surface area contributed by atoms with Gasteiger partial charge in [0.05, 0.1) is 20.3 Å². The van der Waals surface area contributed by atoms with Gasteiger partial charge in [0.2, 0.25) is 0 Å². The number of hydrogen-bond donors (Lipinski definition) is 1. The predicted octanol–water partition coefficient (Wildman–Crippen LogP) is 8.84. The Kier molecular flexibility index (Phi) is 9.78. The van der Waals surface area contributed by atoms with E-state index in [-0.39, 0.29) is 17.0 Å². The second kappa shape index (κ2) is 14.6. The van der Waals surface area contributed by atoms with Gasteiger partial charge in [-0.3, -0.25) is 9.36 Å². The third kappa shape index (κ3) is 6.56. The van der Waals surface area contributed by atoms with Gasteiger partial charge in [-0.1, -0.05) is 93.6 Å². The number of imidazole rings is 1. The van der Waals surface area contributed by atoms with Crippen LogP contribution in [0.15, 0.2) is 116 Å². The molecule has 2 aliphatic rings. The first kappa shape index (κ1) is 37.5. The number of amides is 1. The Balaban J connectivity index is 1.33. The number of anilines is 1. The molecule has 2 bridgehead atoms. The van der Waals surface area contributed by atoms with Crippen molar-refractivity contribution in [1.29, 1.82) is 0 Å². The summed E-state index contributed by atoms with van der Waals surface area (Å²) in [6.07, 6.45) is -0.0407. The van der Waals surface area contributed by atoms with Crippen molar-refractivity contribution < 1.29 is 28.2 Å². The number of carbonyl (C=O) groups is 1. The summed E-state index contributed by atoms with van der Waals surface area (Å²) in [6.45, 7) is 11.2. The Bertz CT molecular complexity index is 2280. The molecule has 6 aromatic rings. The summed E-state index contributed by atoms with van der Waals surface area (Å²) in [4.78, 5) is 27.9. The minimum absolute atomic E-state index is 0.0423. The molecule has 0 aliphatic carbocycles. The molecule has 288 valence electrons. The molecule has 4 heterocycles. The van der Waals surface area contributed by atoms with Crippen LogP contribution < -0.4 is 14.8 Å². The van der Waals surface area contributed by atoms with E-state index < -0.39 is 32.4 Å². The predicted molar refractivity (Wildman–Crippen MR) is 216 cm³/mol. The molecule has 56 heavy (non-hydrogen) atoms. The molecular weight excluding hydrogens is 723 g/mol. The van der Waals surface area contributed by atoms with E-state index in [2.05, 4.69) is 56.3 Å². The van der Waals surface area contributed by atoms with Gasteiger partial charge >= 0.3 is 0 Å². The quantitative estimate of drug-likeness (QED) is 0.102. The number of benzene rings is 4. The van der Waals surface area contributed by atoms with Crippen LogP contribution >= 0.6 is 0 Å². The van der Waals surface area contributed by atoms with Crippen LogP contribution in [0.1, 0.15) is 72.4 Å². The first-order valence-corrected chi connectivity index (χ1v) is 21.8. The first-order valence-electron chi connectivity index (χ1n) is 18.9. The van der Waals surface area contributed by atoms with Gasteiger partial charge in [-0.05, 0) is 71.2 Å². The summed E-state index contributed by atoms with van der Waals surface area (Å²) >= 11 is 0. The third-order valence-corrected chi connectivity index (χ3v) is 16.0. The van der Waals surface area contributed by atoms with E-state index in [1.165, 1.54) is 6.33 Å². The molecule has 0 spiro atoms. The molecule has 1 amide bonds. The highest BCUT2D eigenvalue weighted by molar-refractivity contribution is 6.74. The van der Waals surface area contributed by atoms with Gasteiger partial charge in [0.1, 0.15) is 47.7 Å². The van der Waals surface area contributed by atoms with Gasteiger partial charge < -0.3 is 28.7 Å². The van der Waals surface area contributed by atoms with Crippen LogP contribution in [-0.2, 0) is 19.5 Å². The van der Waals surface area contributed by atoms with E-state index in [0.29, 0.717) is 34.8 Å². The number of carbonyl (C=O) groups excluding carboxylic acids is 1. The topological polar surface area (TPSA) is 119 Å². The van der Waals surface area contributed by atoms with Crippen LogP contribution in [0.5, 0.6) is 11.5 Å². The number of methoxy groups -OCH3 is 2. The molecule has 0 saturated carbocycles. The molecule has 1 N–H and O–H groups in total. The average Bonchev–Trinajstić information content (AvgIpc) is 3.78. The Morgan fingerprint density at radius 3 is 1.95 bits per heavy atom. The molecule has 0 radical (unpaired) electrons. The largest absolute Gasteiger partial charge is 0.497 e. The number of ether oxygens (including phenoxy) is 4. The Hall–Kier alpha value is -5.40. The maximum atomic E-state index is 13.4.